The molecular weight excluding hydrogens is 330 g/mol. The second-order valence-corrected chi connectivity index (χ2v) is 5.92. The number of ether oxygens (including phenoxy) is 2. The predicted molar refractivity (Wildman–Crippen MR) is 101 cm³/mol. The third-order valence-corrected chi connectivity index (χ3v) is 4.09. The van der Waals surface area contributed by atoms with E-state index < -0.39 is 5.97 Å². The van der Waals surface area contributed by atoms with Crippen molar-refractivity contribution in [2.75, 3.05) is 7.11 Å². The summed E-state index contributed by atoms with van der Waals surface area (Å²) < 4.78 is 11.4. The Hall–Kier alpha value is -2.79. The Morgan fingerprint density at radius 1 is 1.12 bits per heavy atom. The van der Waals surface area contributed by atoms with Crippen LogP contribution in [0.5, 0.6) is 11.5 Å². The first-order valence-electron chi connectivity index (χ1n) is 8.56. The second kappa shape index (κ2) is 9.63. The zero-order valence-electron chi connectivity index (χ0n) is 15.5. The first-order valence-corrected chi connectivity index (χ1v) is 8.56. The highest BCUT2D eigenvalue weighted by Gasteiger charge is 2.14. The third-order valence-electron chi connectivity index (χ3n) is 4.09. The van der Waals surface area contributed by atoms with Crippen molar-refractivity contribution in [3.05, 3.63) is 71.9 Å². The Kier molecular flexibility index (Phi) is 7.24. The van der Waals surface area contributed by atoms with Gasteiger partial charge in [0.1, 0.15) is 23.8 Å². The minimum absolute atomic E-state index is 0.0188. The van der Waals surface area contributed by atoms with Gasteiger partial charge in [-0.3, -0.25) is 10.3 Å². The maximum absolute atomic E-state index is 12.0. The number of benzene rings is 2. The van der Waals surface area contributed by atoms with Crippen molar-refractivity contribution in [2.45, 2.75) is 32.8 Å². The predicted octanol–water partition coefficient (Wildman–Crippen LogP) is 4.35. The summed E-state index contributed by atoms with van der Waals surface area (Å²) in [6.07, 6.45) is 1.03. The van der Waals surface area contributed by atoms with Crippen molar-refractivity contribution in [2.24, 2.45) is 0 Å². The molecule has 0 aliphatic rings. The van der Waals surface area contributed by atoms with Gasteiger partial charge in [-0.05, 0) is 30.0 Å². The second-order valence-electron chi connectivity index (χ2n) is 5.92. The lowest BCUT2D eigenvalue weighted by molar-refractivity contribution is -0.131. The average Bonchev–Trinajstić information content (AvgIpc) is 2.67. The van der Waals surface area contributed by atoms with E-state index in [9.17, 15) is 4.79 Å². The maximum atomic E-state index is 12.0. The normalized spacial score (nSPS) is 11.5. The summed E-state index contributed by atoms with van der Waals surface area (Å²) in [7, 11) is 1.40. The van der Waals surface area contributed by atoms with Crippen LogP contribution < -0.4 is 15.0 Å². The molecule has 0 bridgehead atoms. The molecule has 0 saturated heterocycles. The standard InChI is InChI=1S/C21H25NO4/c1-5-15(2)18-11-7-9-13-20(18)25-14-17-10-6-8-12-19(17)26-21(23)16(3)22-24-4/h6-13,15,22H,3,5,14H2,1-2,4H3. The zero-order chi connectivity index (χ0) is 18.9. The Morgan fingerprint density at radius 2 is 1.77 bits per heavy atom. The van der Waals surface area contributed by atoms with Crippen molar-refractivity contribution in [1.82, 2.24) is 5.48 Å². The number of esters is 1. The molecule has 0 aliphatic carbocycles. The molecule has 0 heterocycles. The Morgan fingerprint density at radius 3 is 2.46 bits per heavy atom. The zero-order valence-corrected chi connectivity index (χ0v) is 15.5. The van der Waals surface area contributed by atoms with Crippen molar-refractivity contribution >= 4 is 5.97 Å². The van der Waals surface area contributed by atoms with Crippen LogP contribution in [0.4, 0.5) is 0 Å². The van der Waals surface area contributed by atoms with Crippen molar-refractivity contribution < 1.29 is 19.1 Å². The Bertz CT molecular complexity index is 757. The molecule has 5 heteroatoms. The van der Waals surface area contributed by atoms with Crippen LogP contribution in [0.2, 0.25) is 0 Å². The first kappa shape index (κ1) is 19.5. The SMILES string of the molecule is C=C(NOC)C(=O)Oc1ccccc1COc1ccccc1C(C)CC. The van der Waals surface area contributed by atoms with Crippen LogP contribution in [0.15, 0.2) is 60.8 Å². The lowest BCUT2D eigenvalue weighted by atomic mass is 9.98. The number of carbonyl (C=O) groups excluding carboxylic acids is 1. The molecule has 0 spiro atoms. The molecule has 1 unspecified atom stereocenters. The highest BCUT2D eigenvalue weighted by molar-refractivity contribution is 5.88. The molecule has 138 valence electrons. The van der Waals surface area contributed by atoms with Gasteiger partial charge in [-0.15, -0.1) is 0 Å². The van der Waals surface area contributed by atoms with Gasteiger partial charge in [0, 0.05) is 5.56 Å². The molecule has 5 nitrogen and oxygen atoms in total. The van der Waals surface area contributed by atoms with Crippen molar-refractivity contribution in [3.8, 4) is 11.5 Å². The van der Waals surface area contributed by atoms with E-state index >= 15 is 0 Å². The van der Waals surface area contributed by atoms with Crippen LogP contribution >= 0.6 is 0 Å². The van der Waals surface area contributed by atoms with E-state index in [2.05, 4.69) is 36.8 Å². The number of nitrogens with one attached hydrogen (secondary N) is 1. The molecule has 0 radical (unpaired) electrons. The number of hydroxylamine groups is 1. The number of carbonyl (C=O) groups is 1. The monoisotopic (exact) mass is 355 g/mol. The molecule has 1 N–H and O–H groups in total. The summed E-state index contributed by atoms with van der Waals surface area (Å²) in [5, 5.41) is 0. The van der Waals surface area contributed by atoms with Crippen LogP contribution in [-0.4, -0.2) is 13.1 Å². The van der Waals surface area contributed by atoms with Crippen LogP contribution in [0, 0.1) is 0 Å². The highest BCUT2D eigenvalue weighted by atomic mass is 16.6. The lowest BCUT2D eigenvalue weighted by Gasteiger charge is -2.17. The fourth-order valence-corrected chi connectivity index (χ4v) is 2.44. The topological polar surface area (TPSA) is 56.8 Å². The fraction of sp³-hybridized carbons (Fsp3) is 0.286. The van der Waals surface area contributed by atoms with Gasteiger partial charge in [0.25, 0.3) is 0 Å². The van der Waals surface area contributed by atoms with Crippen LogP contribution in [0.1, 0.15) is 37.3 Å². The molecule has 2 rings (SSSR count). The van der Waals surface area contributed by atoms with Gasteiger partial charge in [-0.2, -0.15) is 0 Å². The van der Waals surface area contributed by atoms with Gasteiger partial charge in [-0.1, -0.05) is 56.8 Å². The summed E-state index contributed by atoms with van der Waals surface area (Å²) in [6.45, 7) is 8.18. The van der Waals surface area contributed by atoms with Gasteiger partial charge in [0.15, 0.2) is 0 Å². The van der Waals surface area contributed by atoms with E-state index in [0.29, 0.717) is 18.3 Å². The number of para-hydroxylation sites is 2. The fourth-order valence-electron chi connectivity index (χ4n) is 2.44. The van der Waals surface area contributed by atoms with E-state index in [4.69, 9.17) is 9.47 Å². The van der Waals surface area contributed by atoms with Crippen molar-refractivity contribution in [3.63, 3.8) is 0 Å². The van der Waals surface area contributed by atoms with Gasteiger partial charge in [0.2, 0.25) is 0 Å². The number of hydrogen-bond donors (Lipinski definition) is 1. The third kappa shape index (κ3) is 5.10. The molecule has 0 aromatic heterocycles. The molecular formula is C21H25NO4. The summed E-state index contributed by atoms with van der Waals surface area (Å²) in [5.74, 6) is 1.06. The molecule has 2 aromatic rings. The van der Waals surface area contributed by atoms with E-state index in [1.165, 1.54) is 12.7 Å². The summed E-state index contributed by atoms with van der Waals surface area (Å²) >= 11 is 0. The summed E-state index contributed by atoms with van der Waals surface area (Å²) in [6, 6.07) is 15.3. The minimum Gasteiger partial charge on any atom is -0.488 e. The molecule has 0 aliphatic heterocycles. The van der Waals surface area contributed by atoms with Gasteiger partial charge < -0.3 is 9.47 Å². The van der Waals surface area contributed by atoms with Gasteiger partial charge in [-0.25, -0.2) is 4.79 Å². The Labute approximate surface area is 154 Å². The van der Waals surface area contributed by atoms with E-state index in [1.54, 1.807) is 12.1 Å². The summed E-state index contributed by atoms with van der Waals surface area (Å²) in [5.41, 5.74) is 4.32. The molecule has 26 heavy (non-hydrogen) atoms. The van der Waals surface area contributed by atoms with Crippen LogP contribution in [0.25, 0.3) is 0 Å². The van der Waals surface area contributed by atoms with E-state index in [-0.39, 0.29) is 5.70 Å². The molecule has 2 aromatic carbocycles. The molecule has 0 amide bonds. The lowest BCUT2D eigenvalue weighted by Crippen LogP contribution is -2.22. The van der Waals surface area contributed by atoms with E-state index in [0.717, 1.165) is 17.7 Å². The van der Waals surface area contributed by atoms with Crippen molar-refractivity contribution in [1.29, 1.82) is 0 Å². The Balaban J connectivity index is 2.12. The van der Waals surface area contributed by atoms with E-state index in [1.807, 2.05) is 30.3 Å². The van der Waals surface area contributed by atoms with Gasteiger partial charge in [0.05, 0.1) is 7.11 Å². The van der Waals surface area contributed by atoms with Crippen LogP contribution in [0.3, 0.4) is 0 Å². The number of rotatable bonds is 9. The molecule has 0 fully saturated rings. The highest BCUT2D eigenvalue weighted by Crippen LogP contribution is 2.30. The largest absolute Gasteiger partial charge is 0.488 e. The molecule has 0 saturated carbocycles. The summed E-state index contributed by atoms with van der Waals surface area (Å²) in [4.78, 5) is 16.7. The number of hydrogen-bond acceptors (Lipinski definition) is 5. The van der Waals surface area contributed by atoms with Gasteiger partial charge >= 0.3 is 5.97 Å². The first-order chi connectivity index (χ1) is 12.6. The van der Waals surface area contributed by atoms with Crippen LogP contribution in [-0.2, 0) is 16.2 Å². The maximum Gasteiger partial charge on any atom is 0.361 e. The minimum atomic E-state index is -0.612. The quantitative estimate of drug-likeness (QED) is 0.314. The molecule has 1 atom stereocenters. The smallest absolute Gasteiger partial charge is 0.361 e. The average molecular weight is 355 g/mol.